The number of rotatable bonds is 0. The quantitative estimate of drug-likeness (QED) is 0.418. The van der Waals surface area contributed by atoms with E-state index in [1.807, 2.05) is 0 Å². The lowest BCUT2D eigenvalue weighted by atomic mass is 10.1. The van der Waals surface area contributed by atoms with Crippen LogP contribution in [-0.4, -0.2) is 6.29 Å². The van der Waals surface area contributed by atoms with E-state index in [0.29, 0.717) is 0 Å². The standard InChI is InChI=1S/C23H15N3/c1-3-7-17-13-21-19(11-15(17)5-1)24-9-10-25-20-12-16-6-2-4-8-18(16)14-22(20)26(21)23(24)25/h1-14,23H. The van der Waals surface area contributed by atoms with Gasteiger partial charge in [-0.2, -0.15) is 0 Å². The van der Waals surface area contributed by atoms with Crippen molar-refractivity contribution < 1.29 is 0 Å². The second-order valence-corrected chi connectivity index (χ2v) is 7.21. The van der Waals surface area contributed by atoms with E-state index in [-0.39, 0.29) is 6.29 Å². The van der Waals surface area contributed by atoms with E-state index < -0.39 is 0 Å². The summed E-state index contributed by atoms with van der Waals surface area (Å²) in [4.78, 5) is 7.24. The largest absolute Gasteiger partial charge is 0.306 e. The minimum atomic E-state index is 0.189. The Morgan fingerprint density at radius 3 is 1.31 bits per heavy atom. The molecule has 0 radical (unpaired) electrons. The highest BCUT2D eigenvalue weighted by Crippen LogP contribution is 2.56. The van der Waals surface area contributed by atoms with Crippen molar-refractivity contribution in [1.29, 1.82) is 0 Å². The van der Waals surface area contributed by atoms with Crippen LogP contribution in [0.4, 0.5) is 22.7 Å². The van der Waals surface area contributed by atoms with Crippen molar-refractivity contribution in [3.63, 3.8) is 0 Å². The molecule has 3 heteroatoms. The predicted molar refractivity (Wildman–Crippen MR) is 108 cm³/mol. The number of nitrogens with zero attached hydrogens (tertiary/aromatic N) is 3. The zero-order valence-electron chi connectivity index (χ0n) is 14.0. The van der Waals surface area contributed by atoms with Gasteiger partial charge in [0.25, 0.3) is 0 Å². The third-order valence-corrected chi connectivity index (χ3v) is 5.88. The van der Waals surface area contributed by atoms with Gasteiger partial charge >= 0.3 is 0 Å². The van der Waals surface area contributed by atoms with Gasteiger partial charge in [0.2, 0.25) is 0 Å². The summed E-state index contributed by atoms with van der Waals surface area (Å²) in [6.07, 6.45) is 4.60. The van der Waals surface area contributed by atoms with Crippen molar-refractivity contribution in [2.75, 3.05) is 14.7 Å². The van der Waals surface area contributed by atoms with Crippen molar-refractivity contribution >= 4 is 44.3 Å². The molecule has 0 N–H and O–H groups in total. The molecule has 3 heterocycles. The Labute approximate surface area is 151 Å². The predicted octanol–water partition coefficient (Wildman–Crippen LogP) is 5.54. The van der Waals surface area contributed by atoms with Crippen LogP contribution >= 0.6 is 0 Å². The Hall–Kier alpha value is -3.46. The molecule has 122 valence electrons. The van der Waals surface area contributed by atoms with Gasteiger partial charge in [0, 0.05) is 12.4 Å². The van der Waals surface area contributed by atoms with Crippen molar-refractivity contribution in [2.45, 2.75) is 6.29 Å². The normalized spacial score (nSPS) is 16.7. The molecule has 0 aliphatic carbocycles. The highest BCUT2D eigenvalue weighted by molar-refractivity contribution is 6.05. The molecule has 0 saturated carbocycles. The SMILES string of the molecule is C1=CN2c3cc4ccccc4cc3N3c4cc5ccccc5cc4N1C23. The first-order valence-corrected chi connectivity index (χ1v) is 8.98. The average Bonchev–Trinajstić information content (AvgIpc) is 3.32. The molecule has 0 saturated heterocycles. The van der Waals surface area contributed by atoms with Gasteiger partial charge in [0.15, 0.2) is 6.29 Å². The Morgan fingerprint density at radius 2 is 0.885 bits per heavy atom. The lowest BCUT2D eigenvalue weighted by Crippen LogP contribution is -2.40. The summed E-state index contributed by atoms with van der Waals surface area (Å²) >= 11 is 0. The van der Waals surface area contributed by atoms with Gasteiger partial charge in [-0.05, 0) is 45.8 Å². The minimum Gasteiger partial charge on any atom is -0.306 e. The van der Waals surface area contributed by atoms with Crippen LogP contribution in [0.5, 0.6) is 0 Å². The van der Waals surface area contributed by atoms with Crippen LogP contribution in [-0.2, 0) is 0 Å². The van der Waals surface area contributed by atoms with Crippen LogP contribution in [0, 0.1) is 0 Å². The summed E-state index contributed by atoms with van der Waals surface area (Å²) in [5.41, 5.74) is 5.15. The second-order valence-electron chi connectivity index (χ2n) is 7.21. The van der Waals surface area contributed by atoms with E-state index in [0.717, 1.165) is 0 Å². The molecule has 0 aromatic heterocycles. The van der Waals surface area contributed by atoms with Crippen LogP contribution in [0.15, 0.2) is 85.2 Å². The molecule has 0 amide bonds. The Bertz CT molecular complexity index is 1180. The lowest BCUT2D eigenvalue weighted by molar-refractivity contribution is 0.760. The third-order valence-electron chi connectivity index (χ3n) is 5.88. The number of hydrogen-bond donors (Lipinski definition) is 0. The van der Waals surface area contributed by atoms with Crippen molar-refractivity contribution in [1.82, 2.24) is 0 Å². The topological polar surface area (TPSA) is 9.72 Å². The third kappa shape index (κ3) is 1.37. The Kier molecular flexibility index (Phi) is 2.07. The number of benzene rings is 4. The number of anilines is 4. The van der Waals surface area contributed by atoms with E-state index >= 15 is 0 Å². The molecule has 3 nitrogen and oxygen atoms in total. The second kappa shape index (κ2) is 4.20. The number of fused-ring (bicyclic) bond motifs is 8. The molecule has 0 bridgehead atoms. The maximum Gasteiger partial charge on any atom is 0.193 e. The molecular weight excluding hydrogens is 318 g/mol. The molecule has 0 fully saturated rings. The van der Waals surface area contributed by atoms with Gasteiger partial charge in [-0.1, -0.05) is 48.5 Å². The Morgan fingerprint density at radius 1 is 0.500 bits per heavy atom. The fourth-order valence-corrected chi connectivity index (χ4v) is 4.70. The first kappa shape index (κ1) is 12.8. The highest BCUT2D eigenvalue weighted by Gasteiger charge is 2.48. The van der Waals surface area contributed by atoms with Gasteiger partial charge < -0.3 is 9.80 Å². The smallest absolute Gasteiger partial charge is 0.193 e. The van der Waals surface area contributed by atoms with Crippen molar-refractivity contribution in [3.05, 3.63) is 85.2 Å². The summed E-state index contributed by atoms with van der Waals surface area (Å²) in [6.45, 7) is 0. The maximum atomic E-state index is 2.48. The van der Waals surface area contributed by atoms with Crippen molar-refractivity contribution in [3.8, 4) is 0 Å². The van der Waals surface area contributed by atoms with Crippen LogP contribution in [0.3, 0.4) is 0 Å². The molecule has 3 aliphatic heterocycles. The van der Waals surface area contributed by atoms with Gasteiger partial charge in [0.05, 0.1) is 22.7 Å². The molecule has 7 rings (SSSR count). The first-order valence-electron chi connectivity index (χ1n) is 8.98. The van der Waals surface area contributed by atoms with Gasteiger partial charge in [-0.3, -0.25) is 4.90 Å². The molecule has 0 unspecified atom stereocenters. The molecule has 0 spiro atoms. The zero-order valence-corrected chi connectivity index (χ0v) is 14.0. The van der Waals surface area contributed by atoms with Crippen LogP contribution < -0.4 is 14.7 Å². The summed E-state index contributed by atoms with van der Waals surface area (Å²) in [5, 5.41) is 5.16. The van der Waals surface area contributed by atoms with E-state index in [1.54, 1.807) is 0 Å². The first-order chi connectivity index (χ1) is 12.9. The van der Waals surface area contributed by atoms with E-state index in [2.05, 4.69) is 99.9 Å². The van der Waals surface area contributed by atoms with E-state index in [1.165, 1.54) is 44.3 Å². The Balaban J connectivity index is 1.56. The lowest BCUT2D eigenvalue weighted by Gasteiger charge is -2.24. The fraction of sp³-hybridized carbons (Fsp3) is 0.0435. The fourth-order valence-electron chi connectivity index (χ4n) is 4.70. The summed E-state index contributed by atoms with van der Waals surface area (Å²) in [5.74, 6) is 0. The van der Waals surface area contributed by atoms with E-state index in [9.17, 15) is 0 Å². The number of hydrogen-bond acceptors (Lipinski definition) is 3. The monoisotopic (exact) mass is 333 g/mol. The summed E-state index contributed by atoms with van der Waals surface area (Å²) in [7, 11) is 0. The van der Waals surface area contributed by atoms with Crippen LogP contribution in [0.1, 0.15) is 0 Å². The molecule has 4 aromatic carbocycles. The summed E-state index contributed by atoms with van der Waals surface area (Å²) in [6, 6.07) is 26.5. The minimum absolute atomic E-state index is 0.189. The van der Waals surface area contributed by atoms with Crippen LogP contribution in [0.25, 0.3) is 21.5 Å². The average molecular weight is 333 g/mol. The van der Waals surface area contributed by atoms with Gasteiger partial charge in [-0.15, -0.1) is 0 Å². The van der Waals surface area contributed by atoms with Crippen molar-refractivity contribution in [2.24, 2.45) is 0 Å². The molecule has 0 atom stereocenters. The van der Waals surface area contributed by atoms with Gasteiger partial charge in [0.1, 0.15) is 0 Å². The van der Waals surface area contributed by atoms with Gasteiger partial charge in [-0.25, -0.2) is 0 Å². The molecule has 3 aliphatic rings. The zero-order chi connectivity index (χ0) is 16.8. The molecular formula is C23H15N3. The van der Waals surface area contributed by atoms with Crippen LogP contribution in [0.2, 0.25) is 0 Å². The van der Waals surface area contributed by atoms with E-state index in [4.69, 9.17) is 0 Å². The molecule has 26 heavy (non-hydrogen) atoms. The molecule has 4 aromatic rings. The maximum absolute atomic E-state index is 2.48. The summed E-state index contributed by atoms with van der Waals surface area (Å²) < 4.78 is 0. The highest BCUT2D eigenvalue weighted by atomic mass is 15.6.